The van der Waals surface area contributed by atoms with Crippen LogP contribution in [-0.2, 0) is 32.2 Å². The summed E-state index contributed by atoms with van der Waals surface area (Å²) in [5.41, 5.74) is 1.31. The van der Waals surface area contributed by atoms with Gasteiger partial charge in [-0.15, -0.1) is 0 Å². The minimum Gasteiger partial charge on any atom is -0.465 e. The van der Waals surface area contributed by atoms with Gasteiger partial charge in [-0.1, -0.05) is 30.3 Å². The summed E-state index contributed by atoms with van der Waals surface area (Å²) in [6.45, 7) is 3.52. The Balaban J connectivity index is 1.38. The van der Waals surface area contributed by atoms with Crippen molar-refractivity contribution in [3.63, 3.8) is 0 Å². The molecule has 1 fully saturated rings. The molecule has 2 atom stereocenters. The van der Waals surface area contributed by atoms with E-state index in [1.807, 2.05) is 37.4 Å². The van der Waals surface area contributed by atoms with E-state index in [0.717, 1.165) is 12.1 Å². The number of benzene rings is 1. The zero-order chi connectivity index (χ0) is 26.6. The van der Waals surface area contributed by atoms with Gasteiger partial charge in [0.25, 0.3) is 0 Å². The zero-order valence-electron chi connectivity index (χ0n) is 21.8. The van der Waals surface area contributed by atoms with Crippen LogP contribution < -0.4 is 5.32 Å². The molecule has 0 unspecified atom stereocenters. The Bertz CT molecular complexity index is 1010. The Morgan fingerprint density at radius 1 is 1.19 bits per heavy atom. The second kappa shape index (κ2) is 14.3. The van der Waals surface area contributed by atoms with Crippen LogP contribution in [0.5, 0.6) is 0 Å². The first-order chi connectivity index (χ1) is 17.9. The lowest BCUT2D eigenvalue weighted by atomic mass is 9.91. The molecule has 0 bridgehead atoms. The van der Waals surface area contributed by atoms with E-state index in [1.54, 1.807) is 22.8 Å². The van der Waals surface area contributed by atoms with Crippen molar-refractivity contribution in [3.8, 4) is 0 Å². The number of likely N-dealkylation sites (tertiary alicyclic amines) is 1. The van der Waals surface area contributed by atoms with Crippen molar-refractivity contribution in [1.82, 2.24) is 24.9 Å². The van der Waals surface area contributed by atoms with E-state index in [0.29, 0.717) is 51.3 Å². The quantitative estimate of drug-likeness (QED) is 0.336. The highest BCUT2D eigenvalue weighted by molar-refractivity contribution is 5.88. The van der Waals surface area contributed by atoms with E-state index in [1.165, 1.54) is 13.3 Å². The zero-order valence-corrected chi connectivity index (χ0v) is 21.8. The number of nitrogens with zero attached hydrogens (tertiary/aromatic N) is 4. The molecule has 0 saturated carbocycles. The monoisotopic (exact) mass is 515 g/mol. The van der Waals surface area contributed by atoms with Gasteiger partial charge in [-0.2, -0.15) is 5.10 Å². The van der Waals surface area contributed by atoms with Crippen LogP contribution in [0.15, 0.2) is 42.7 Å². The van der Waals surface area contributed by atoms with Crippen molar-refractivity contribution < 1.29 is 28.6 Å². The van der Waals surface area contributed by atoms with E-state index in [-0.39, 0.29) is 24.5 Å². The lowest BCUT2D eigenvalue weighted by Crippen LogP contribution is -2.55. The molecule has 0 aliphatic carbocycles. The minimum atomic E-state index is -0.511. The van der Waals surface area contributed by atoms with Crippen molar-refractivity contribution >= 4 is 18.0 Å². The van der Waals surface area contributed by atoms with E-state index >= 15 is 0 Å². The molecule has 1 aromatic heterocycles. The molecule has 1 aromatic carbocycles. The van der Waals surface area contributed by atoms with Gasteiger partial charge in [-0.25, -0.2) is 9.59 Å². The number of hydrogen-bond donors (Lipinski definition) is 1. The smallest absolute Gasteiger partial charge is 0.407 e. The fourth-order valence-corrected chi connectivity index (χ4v) is 4.22. The second-order valence-corrected chi connectivity index (χ2v) is 9.18. The lowest BCUT2D eigenvalue weighted by Gasteiger charge is -2.37. The molecule has 1 aliphatic rings. The van der Waals surface area contributed by atoms with Crippen LogP contribution in [-0.4, -0.2) is 97.6 Å². The molecule has 11 heteroatoms. The maximum atomic E-state index is 13.2. The molecule has 1 saturated heterocycles. The van der Waals surface area contributed by atoms with Gasteiger partial charge in [0, 0.05) is 39.0 Å². The second-order valence-electron chi connectivity index (χ2n) is 9.18. The summed E-state index contributed by atoms with van der Waals surface area (Å²) < 4.78 is 17.3. The van der Waals surface area contributed by atoms with Gasteiger partial charge in [0.05, 0.1) is 37.9 Å². The molecule has 11 nitrogen and oxygen atoms in total. The summed E-state index contributed by atoms with van der Waals surface area (Å²) in [5.74, 6) is -0.782. The number of carbonyl (C=O) groups is 3. The maximum absolute atomic E-state index is 13.2. The molecule has 1 aliphatic heterocycles. The highest BCUT2D eigenvalue weighted by Gasteiger charge is 2.36. The third-order valence-corrected chi connectivity index (χ3v) is 6.33. The molecule has 37 heavy (non-hydrogen) atoms. The van der Waals surface area contributed by atoms with E-state index in [9.17, 15) is 14.4 Å². The first kappa shape index (κ1) is 28.1. The average Bonchev–Trinajstić information content (AvgIpc) is 3.39. The molecule has 1 N–H and O–H groups in total. The summed E-state index contributed by atoms with van der Waals surface area (Å²) >= 11 is 0. The molecule has 2 amide bonds. The normalized spacial score (nSPS) is 17.7. The molecule has 3 rings (SSSR count). The van der Waals surface area contributed by atoms with Gasteiger partial charge >= 0.3 is 12.1 Å². The first-order valence-corrected chi connectivity index (χ1v) is 12.5. The number of alkyl carbamates (subject to hydrolysis) is 1. The Labute approximate surface area is 217 Å². The van der Waals surface area contributed by atoms with Gasteiger partial charge in [-0.05, 0) is 32.0 Å². The van der Waals surface area contributed by atoms with Gasteiger partial charge in [0.2, 0.25) is 5.91 Å². The lowest BCUT2D eigenvalue weighted by molar-refractivity contribution is -0.137. The summed E-state index contributed by atoms with van der Waals surface area (Å²) in [5, 5.41) is 7.02. The highest BCUT2D eigenvalue weighted by atomic mass is 16.5. The topological polar surface area (TPSA) is 115 Å². The number of carbonyl (C=O) groups excluding carboxylic acids is 3. The van der Waals surface area contributed by atoms with Crippen LogP contribution >= 0.6 is 0 Å². The van der Waals surface area contributed by atoms with Crippen molar-refractivity contribution in [1.29, 1.82) is 0 Å². The van der Waals surface area contributed by atoms with Gasteiger partial charge < -0.3 is 29.3 Å². The number of ether oxygens (including phenoxy) is 3. The highest BCUT2D eigenvalue weighted by Crippen LogP contribution is 2.19. The largest absolute Gasteiger partial charge is 0.465 e. The van der Waals surface area contributed by atoms with Gasteiger partial charge in [0.15, 0.2) is 0 Å². The van der Waals surface area contributed by atoms with Crippen LogP contribution in [0.4, 0.5) is 4.79 Å². The number of rotatable bonds is 12. The number of esters is 1. The molecular formula is C26H37N5O6. The summed E-state index contributed by atoms with van der Waals surface area (Å²) in [7, 11) is 5.08. The van der Waals surface area contributed by atoms with Crippen LogP contribution in [0.2, 0.25) is 0 Å². The standard InChI is InChI=1S/C26H37N5O6/c1-29-12-10-23(28-26(34)37-19-20-8-5-4-6-9-20)22(18-29)24(32)30(2)11-7-14-36-15-13-31-17-21(16-27-31)25(33)35-3/h4-6,8-9,16-17,22-23H,7,10-15,18-19H2,1-3H3,(H,28,34)/t22-,23-/m0/s1. The Kier molecular flexibility index (Phi) is 10.9. The van der Waals surface area contributed by atoms with Gasteiger partial charge in [0.1, 0.15) is 6.61 Å². The SMILES string of the molecule is COC(=O)c1cnn(CCOCCCN(C)C(=O)[C@H]2CN(C)CC[C@@H]2NC(=O)OCc2ccccc2)c1. The summed E-state index contributed by atoms with van der Waals surface area (Å²) in [6.07, 6.45) is 3.91. The number of hydrogen-bond acceptors (Lipinski definition) is 8. The molecular weight excluding hydrogens is 478 g/mol. The Morgan fingerprint density at radius 3 is 2.73 bits per heavy atom. The predicted octanol–water partition coefficient (Wildman–Crippen LogP) is 1.78. The van der Waals surface area contributed by atoms with Crippen molar-refractivity contribution in [2.24, 2.45) is 5.92 Å². The minimum absolute atomic E-state index is 0.00760. The van der Waals surface area contributed by atoms with E-state index < -0.39 is 12.1 Å². The van der Waals surface area contributed by atoms with Crippen LogP contribution in [0.1, 0.15) is 28.8 Å². The third kappa shape index (κ3) is 8.87. The van der Waals surface area contributed by atoms with E-state index in [2.05, 4.69) is 20.1 Å². The third-order valence-electron chi connectivity index (χ3n) is 6.33. The molecule has 2 aromatic rings. The van der Waals surface area contributed by atoms with E-state index in [4.69, 9.17) is 9.47 Å². The first-order valence-electron chi connectivity index (χ1n) is 12.5. The summed E-state index contributed by atoms with van der Waals surface area (Å²) in [4.78, 5) is 40.9. The molecule has 2 heterocycles. The number of piperidine rings is 1. The van der Waals surface area contributed by atoms with Crippen LogP contribution in [0, 0.1) is 5.92 Å². The summed E-state index contributed by atoms with van der Waals surface area (Å²) in [6, 6.07) is 9.20. The Hall–Kier alpha value is -3.44. The fraction of sp³-hybridized carbons (Fsp3) is 0.538. The maximum Gasteiger partial charge on any atom is 0.407 e. The number of aromatic nitrogens is 2. The molecule has 202 valence electrons. The molecule has 0 radical (unpaired) electrons. The van der Waals surface area contributed by atoms with Crippen molar-refractivity contribution in [2.45, 2.75) is 32.0 Å². The van der Waals surface area contributed by atoms with Crippen LogP contribution in [0.25, 0.3) is 0 Å². The van der Waals surface area contributed by atoms with Crippen molar-refractivity contribution in [3.05, 3.63) is 53.9 Å². The van der Waals surface area contributed by atoms with Crippen LogP contribution in [0.3, 0.4) is 0 Å². The predicted molar refractivity (Wildman–Crippen MR) is 136 cm³/mol. The fourth-order valence-electron chi connectivity index (χ4n) is 4.22. The Morgan fingerprint density at radius 2 is 1.97 bits per heavy atom. The van der Waals surface area contributed by atoms with Gasteiger partial charge in [-0.3, -0.25) is 9.48 Å². The number of methoxy groups -OCH3 is 1. The number of amides is 2. The van der Waals surface area contributed by atoms with Crippen molar-refractivity contribution in [2.75, 3.05) is 54.1 Å². The average molecular weight is 516 g/mol. The number of nitrogens with one attached hydrogen (secondary N) is 1. The molecule has 0 spiro atoms.